The zero-order valence-corrected chi connectivity index (χ0v) is 15.0. The van der Waals surface area contributed by atoms with Gasteiger partial charge in [0, 0.05) is 12.5 Å². The van der Waals surface area contributed by atoms with Crippen LogP contribution in [0.25, 0.3) is 0 Å². The van der Waals surface area contributed by atoms with E-state index in [0.29, 0.717) is 6.54 Å². The molecule has 2 atom stereocenters. The molecule has 4 nitrogen and oxygen atoms in total. The highest BCUT2D eigenvalue weighted by molar-refractivity contribution is 5.67. The van der Waals surface area contributed by atoms with Gasteiger partial charge in [0.25, 0.3) is 0 Å². The lowest BCUT2D eigenvalue weighted by atomic mass is 9.93. The molecule has 0 unspecified atom stereocenters. The van der Waals surface area contributed by atoms with Crippen LogP contribution in [0.1, 0.15) is 55.0 Å². The number of hydrogen-bond acceptors (Lipinski definition) is 3. The first-order chi connectivity index (χ1) is 11.8. The van der Waals surface area contributed by atoms with E-state index in [9.17, 15) is 9.90 Å². The largest absolute Gasteiger partial charge is 0.444 e. The molecule has 1 aliphatic rings. The lowest BCUT2D eigenvalue weighted by Crippen LogP contribution is -2.32. The number of ether oxygens (including phenoxy) is 1. The molecule has 1 amide bonds. The van der Waals surface area contributed by atoms with Crippen LogP contribution >= 0.6 is 0 Å². The van der Waals surface area contributed by atoms with E-state index in [2.05, 4.69) is 11.4 Å². The summed E-state index contributed by atoms with van der Waals surface area (Å²) in [5.74, 6) is 0.0882. The topological polar surface area (TPSA) is 58.6 Å². The van der Waals surface area contributed by atoms with E-state index < -0.39 is 17.8 Å². The van der Waals surface area contributed by atoms with Gasteiger partial charge in [-0.15, -0.1) is 0 Å². The molecule has 0 aliphatic heterocycles. The van der Waals surface area contributed by atoms with Gasteiger partial charge in [-0.05, 0) is 49.4 Å². The quantitative estimate of drug-likeness (QED) is 0.886. The average molecular weight is 339 g/mol. The summed E-state index contributed by atoms with van der Waals surface area (Å²) >= 11 is 0. The molecule has 0 radical (unpaired) electrons. The van der Waals surface area contributed by atoms with Crippen molar-refractivity contribution in [1.82, 2.24) is 5.32 Å². The number of fused-ring (bicyclic) bond motifs is 1. The van der Waals surface area contributed by atoms with Crippen molar-refractivity contribution in [3.63, 3.8) is 0 Å². The molecule has 1 aliphatic carbocycles. The maximum Gasteiger partial charge on any atom is 0.407 e. The highest BCUT2D eigenvalue weighted by Crippen LogP contribution is 2.42. The van der Waals surface area contributed by atoms with Gasteiger partial charge in [0.2, 0.25) is 0 Å². The van der Waals surface area contributed by atoms with Gasteiger partial charge in [0.1, 0.15) is 5.60 Å². The molecule has 2 aromatic carbocycles. The van der Waals surface area contributed by atoms with Crippen molar-refractivity contribution in [2.75, 3.05) is 0 Å². The highest BCUT2D eigenvalue weighted by atomic mass is 16.6. The molecule has 0 aromatic heterocycles. The van der Waals surface area contributed by atoms with Crippen LogP contribution in [0.2, 0.25) is 0 Å². The molecule has 0 spiro atoms. The molecular formula is C21H25NO3. The van der Waals surface area contributed by atoms with Gasteiger partial charge >= 0.3 is 6.09 Å². The number of benzene rings is 2. The van der Waals surface area contributed by atoms with Crippen molar-refractivity contribution < 1.29 is 14.6 Å². The number of aliphatic hydroxyl groups is 1. The summed E-state index contributed by atoms with van der Waals surface area (Å²) in [7, 11) is 0. The third kappa shape index (κ3) is 4.20. The average Bonchev–Trinajstić information content (AvgIpc) is 2.89. The van der Waals surface area contributed by atoms with Crippen LogP contribution < -0.4 is 5.32 Å². The van der Waals surface area contributed by atoms with E-state index in [1.165, 1.54) is 5.56 Å². The van der Waals surface area contributed by atoms with Crippen LogP contribution in [0.4, 0.5) is 4.79 Å². The highest BCUT2D eigenvalue weighted by Gasteiger charge is 2.31. The van der Waals surface area contributed by atoms with Gasteiger partial charge < -0.3 is 15.2 Å². The van der Waals surface area contributed by atoms with Crippen LogP contribution in [-0.2, 0) is 17.7 Å². The summed E-state index contributed by atoms with van der Waals surface area (Å²) < 4.78 is 5.23. The predicted octanol–water partition coefficient (Wildman–Crippen LogP) is 4.08. The lowest BCUT2D eigenvalue weighted by molar-refractivity contribution is 0.0523. The van der Waals surface area contributed by atoms with Gasteiger partial charge in [-0.3, -0.25) is 0 Å². The second-order valence-corrected chi connectivity index (χ2v) is 7.55. The number of amides is 1. The minimum absolute atomic E-state index is 0.0882. The minimum atomic E-state index is -0.498. The molecule has 0 heterocycles. The normalized spacial score (nSPS) is 19.4. The Morgan fingerprint density at radius 2 is 1.84 bits per heavy atom. The Balaban J connectivity index is 1.61. The van der Waals surface area contributed by atoms with E-state index in [1.807, 2.05) is 63.2 Å². The SMILES string of the molecule is CC(C)(C)OC(=O)NCc1ccc([C@H]2Cc3ccccc3[C@H]2O)cc1. The van der Waals surface area contributed by atoms with Crippen molar-refractivity contribution in [3.8, 4) is 0 Å². The Kier molecular flexibility index (Phi) is 4.82. The molecule has 0 fully saturated rings. The molecule has 3 rings (SSSR count). The van der Waals surface area contributed by atoms with E-state index in [-0.39, 0.29) is 5.92 Å². The van der Waals surface area contributed by atoms with Crippen molar-refractivity contribution in [2.45, 2.75) is 51.4 Å². The molecule has 25 heavy (non-hydrogen) atoms. The fourth-order valence-corrected chi connectivity index (χ4v) is 3.25. The molecule has 0 saturated carbocycles. The predicted molar refractivity (Wildman–Crippen MR) is 97.4 cm³/mol. The second-order valence-electron chi connectivity index (χ2n) is 7.55. The number of alkyl carbamates (subject to hydrolysis) is 1. The third-order valence-corrected chi connectivity index (χ3v) is 4.44. The Bertz CT molecular complexity index is 746. The van der Waals surface area contributed by atoms with E-state index in [4.69, 9.17) is 4.74 Å². The number of nitrogens with one attached hydrogen (secondary N) is 1. The Hall–Kier alpha value is -2.33. The maximum absolute atomic E-state index is 11.7. The molecule has 2 N–H and O–H groups in total. The number of aliphatic hydroxyl groups excluding tert-OH is 1. The van der Waals surface area contributed by atoms with Gasteiger partial charge in [-0.25, -0.2) is 4.79 Å². The molecule has 4 heteroatoms. The van der Waals surface area contributed by atoms with Crippen molar-refractivity contribution >= 4 is 6.09 Å². The Morgan fingerprint density at radius 3 is 2.48 bits per heavy atom. The second kappa shape index (κ2) is 6.89. The molecule has 2 aromatic rings. The first-order valence-electron chi connectivity index (χ1n) is 8.65. The summed E-state index contributed by atoms with van der Waals surface area (Å²) in [4.78, 5) is 11.7. The van der Waals surface area contributed by atoms with E-state index in [0.717, 1.165) is 23.1 Å². The van der Waals surface area contributed by atoms with Gasteiger partial charge in [-0.1, -0.05) is 48.5 Å². The van der Waals surface area contributed by atoms with Crippen LogP contribution in [0.5, 0.6) is 0 Å². The van der Waals surface area contributed by atoms with Crippen molar-refractivity contribution in [3.05, 3.63) is 70.8 Å². The summed E-state index contributed by atoms with van der Waals surface area (Å²) in [5.41, 5.74) is 3.87. The van der Waals surface area contributed by atoms with Gasteiger partial charge in [0.15, 0.2) is 0 Å². The summed E-state index contributed by atoms with van der Waals surface area (Å²) in [6.07, 6.45) is -0.0208. The maximum atomic E-state index is 11.7. The molecular weight excluding hydrogens is 314 g/mol. The van der Waals surface area contributed by atoms with Crippen LogP contribution in [0.15, 0.2) is 48.5 Å². The number of carbonyl (C=O) groups excluding carboxylic acids is 1. The van der Waals surface area contributed by atoms with Crippen LogP contribution in [0, 0.1) is 0 Å². The smallest absolute Gasteiger partial charge is 0.407 e. The van der Waals surface area contributed by atoms with Gasteiger partial charge in [-0.2, -0.15) is 0 Å². The number of hydrogen-bond donors (Lipinski definition) is 2. The lowest BCUT2D eigenvalue weighted by Gasteiger charge is -2.20. The number of carbonyl (C=O) groups is 1. The Morgan fingerprint density at radius 1 is 1.16 bits per heavy atom. The zero-order valence-electron chi connectivity index (χ0n) is 15.0. The van der Waals surface area contributed by atoms with Crippen LogP contribution in [-0.4, -0.2) is 16.8 Å². The number of rotatable bonds is 3. The minimum Gasteiger partial charge on any atom is -0.444 e. The summed E-state index contributed by atoms with van der Waals surface area (Å²) in [6.45, 7) is 5.94. The van der Waals surface area contributed by atoms with E-state index in [1.54, 1.807) is 0 Å². The first-order valence-corrected chi connectivity index (χ1v) is 8.65. The monoisotopic (exact) mass is 339 g/mol. The third-order valence-electron chi connectivity index (χ3n) is 4.44. The Labute approximate surface area is 148 Å². The molecule has 132 valence electrons. The fourth-order valence-electron chi connectivity index (χ4n) is 3.25. The van der Waals surface area contributed by atoms with Gasteiger partial charge in [0.05, 0.1) is 6.10 Å². The van der Waals surface area contributed by atoms with Crippen LogP contribution in [0.3, 0.4) is 0 Å². The zero-order chi connectivity index (χ0) is 18.0. The molecule has 0 bridgehead atoms. The first kappa shape index (κ1) is 17.5. The van der Waals surface area contributed by atoms with E-state index >= 15 is 0 Å². The molecule has 0 saturated heterocycles. The van der Waals surface area contributed by atoms with Crippen molar-refractivity contribution in [1.29, 1.82) is 0 Å². The van der Waals surface area contributed by atoms with Crippen molar-refractivity contribution in [2.24, 2.45) is 0 Å². The standard InChI is InChI=1S/C21H25NO3/c1-21(2,3)25-20(24)22-13-14-8-10-15(11-9-14)18-12-16-6-4-5-7-17(16)19(18)23/h4-11,18-19,23H,12-13H2,1-3H3,(H,22,24)/t18-,19-/m1/s1. The fraction of sp³-hybridized carbons (Fsp3) is 0.381. The summed E-state index contributed by atoms with van der Waals surface area (Å²) in [6, 6.07) is 16.1. The summed E-state index contributed by atoms with van der Waals surface area (Å²) in [5, 5.41) is 13.3.